The van der Waals surface area contributed by atoms with E-state index < -0.39 is 16.8 Å². The van der Waals surface area contributed by atoms with Crippen molar-refractivity contribution in [1.82, 2.24) is 0 Å². The van der Waals surface area contributed by atoms with Crippen LogP contribution in [-0.2, 0) is 23.8 Å². The first-order valence-electron chi connectivity index (χ1n) is 10.7. The van der Waals surface area contributed by atoms with Crippen LogP contribution in [0.1, 0.15) is 53.4 Å². The molecule has 2 aliphatic heterocycles. The molecule has 0 N–H and O–H groups in total. The number of fused-ring (bicyclic) bond motifs is 5. The Balaban J connectivity index is 1.47. The molecule has 4 aliphatic carbocycles. The van der Waals surface area contributed by atoms with Crippen molar-refractivity contribution in [3.05, 3.63) is 23.8 Å². The first-order valence-corrected chi connectivity index (χ1v) is 11.2. The average Bonchev–Trinajstić information content (AvgIpc) is 3.19. The highest BCUT2D eigenvalue weighted by Gasteiger charge is 2.84. The van der Waals surface area contributed by atoms with Crippen LogP contribution in [-0.4, -0.2) is 40.1 Å². The molecule has 2 saturated heterocycles. The summed E-state index contributed by atoms with van der Waals surface area (Å²) in [6, 6.07) is 0. The Morgan fingerprint density at radius 2 is 1.90 bits per heavy atom. The number of allylic oxidation sites excluding steroid dienone is 2. The van der Waals surface area contributed by atoms with E-state index in [0.717, 1.165) is 19.3 Å². The minimum atomic E-state index is -1.04. The van der Waals surface area contributed by atoms with Gasteiger partial charge in [0.05, 0.1) is 12.2 Å². The van der Waals surface area contributed by atoms with Gasteiger partial charge in [-0.3, -0.25) is 9.59 Å². The van der Waals surface area contributed by atoms with Gasteiger partial charge in [-0.1, -0.05) is 24.6 Å². The second kappa shape index (κ2) is 5.09. The minimum absolute atomic E-state index is 0.0518. The van der Waals surface area contributed by atoms with Crippen molar-refractivity contribution in [2.75, 3.05) is 0 Å². The van der Waals surface area contributed by atoms with E-state index in [9.17, 15) is 9.59 Å². The molecule has 0 radical (unpaired) electrons. The van der Waals surface area contributed by atoms with Crippen LogP contribution < -0.4 is 0 Å². The third-order valence-electron chi connectivity index (χ3n) is 9.21. The van der Waals surface area contributed by atoms with Crippen LogP contribution in [0.2, 0.25) is 0 Å². The van der Waals surface area contributed by atoms with E-state index in [1.165, 1.54) is 5.57 Å². The maximum Gasteiger partial charge on any atom is 0.221 e. The lowest BCUT2D eigenvalue weighted by molar-refractivity contribution is -0.205. The normalized spacial score (nSPS) is 55.9. The number of ether oxygens (including phenoxy) is 3. The molecular formula is C23H28O5S. The molecule has 4 unspecified atom stereocenters. The van der Waals surface area contributed by atoms with Crippen molar-refractivity contribution in [3.8, 4) is 0 Å². The Morgan fingerprint density at radius 1 is 1.14 bits per heavy atom. The molecule has 6 heteroatoms. The second-order valence-electron chi connectivity index (χ2n) is 10.8. The zero-order valence-electron chi connectivity index (χ0n) is 17.4. The summed E-state index contributed by atoms with van der Waals surface area (Å²) in [4.78, 5) is 25.0. The fraction of sp³-hybridized carbons (Fsp3) is 0.739. The SMILES string of the molecule is CC1(C)O[C@@H]2CC3C4CC=C5CC(=O)C=CC5(C)[C@@]45O[C@H]5CC3(C)[C@]2(C(=O)S)O1. The lowest BCUT2D eigenvalue weighted by Gasteiger charge is -2.55. The Morgan fingerprint density at radius 3 is 2.62 bits per heavy atom. The Labute approximate surface area is 176 Å². The first kappa shape index (κ1) is 18.8. The van der Waals surface area contributed by atoms with E-state index in [-0.39, 0.29) is 46.0 Å². The van der Waals surface area contributed by atoms with Gasteiger partial charge in [0, 0.05) is 17.3 Å². The topological polar surface area (TPSA) is 65.1 Å². The smallest absolute Gasteiger partial charge is 0.221 e. The first-order chi connectivity index (χ1) is 13.5. The number of carbonyl (C=O) groups excluding carboxylic acids is 2. The Hall–Kier alpha value is -0.950. The van der Waals surface area contributed by atoms with Crippen LogP contribution in [0, 0.1) is 22.7 Å². The molecule has 5 nitrogen and oxygen atoms in total. The van der Waals surface area contributed by atoms with E-state index in [1.807, 2.05) is 13.8 Å². The van der Waals surface area contributed by atoms with Gasteiger partial charge in [-0.2, -0.15) is 0 Å². The highest BCUT2D eigenvalue weighted by atomic mass is 32.1. The van der Waals surface area contributed by atoms with Gasteiger partial charge < -0.3 is 14.2 Å². The molecular weight excluding hydrogens is 388 g/mol. The summed E-state index contributed by atoms with van der Waals surface area (Å²) >= 11 is 4.32. The van der Waals surface area contributed by atoms with Crippen molar-refractivity contribution in [3.63, 3.8) is 0 Å². The third-order valence-corrected chi connectivity index (χ3v) is 9.54. The zero-order chi connectivity index (χ0) is 20.6. The summed E-state index contributed by atoms with van der Waals surface area (Å²) in [7, 11) is 0. The standard InChI is InChI=1S/C23H28O5S/c1-19(2)26-16-10-15-14-6-5-12-9-13(24)7-8-20(12,3)22(14)17(27-22)11-21(15,4)23(16,28-19)18(25)29/h5,7-8,14-17H,6,9-11H2,1-4H3,(H,25,29)/t14?,15?,16-,17+,20?,21?,22-,23+/m1/s1. The predicted molar refractivity (Wildman–Crippen MR) is 108 cm³/mol. The number of thiol groups is 1. The van der Waals surface area contributed by atoms with Crippen molar-refractivity contribution in [1.29, 1.82) is 0 Å². The molecule has 4 fully saturated rings. The van der Waals surface area contributed by atoms with Gasteiger partial charge in [0.25, 0.3) is 0 Å². The van der Waals surface area contributed by atoms with Crippen LogP contribution in [0.25, 0.3) is 0 Å². The van der Waals surface area contributed by atoms with Crippen LogP contribution in [0.15, 0.2) is 23.8 Å². The monoisotopic (exact) mass is 416 g/mol. The van der Waals surface area contributed by atoms with Gasteiger partial charge in [-0.25, -0.2) is 0 Å². The molecule has 0 aromatic heterocycles. The number of epoxide rings is 1. The highest BCUT2D eigenvalue weighted by molar-refractivity contribution is 7.96. The second-order valence-corrected chi connectivity index (χ2v) is 11.2. The van der Waals surface area contributed by atoms with Gasteiger partial charge in [-0.05, 0) is 57.9 Å². The van der Waals surface area contributed by atoms with Crippen molar-refractivity contribution in [2.24, 2.45) is 22.7 Å². The van der Waals surface area contributed by atoms with Crippen molar-refractivity contribution < 1.29 is 23.8 Å². The molecule has 6 aliphatic rings. The molecule has 156 valence electrons. The number of rotatable bonds is 1. The summed E-state index contributed by atoms with van der Waals surface area (Å²) in [5.41, 5.74) is -0.777. The van der Waals surface area contributed by atoms with Crippen molar-refractivity contribution in [2.45, 2.75) is 82.6 Å². The molecule has 1 spiro atoms. The largest absolute Gasteiger partial charge is 0.364 e. The van der Waals surface area contributed by atoms with Gasteiger partial charge in [0.1, 0.15) is 5.60 Å². The summed E-state index contributed by atoms with van der Waals surface area (Å²) in [5.74, 6) is -0.128. The quantitative estimate of drug-likeness (QED) is 0.403. The maximum absolute atomic E-state index is 13.0. The summed E-state index contributed by atoms with van der Waals surface area (Å²) < 4.78 is 19.2. The molecule has 8 atom stereocenters. The molecule has 6 rings (SSSR count). The minimum Gasteiger partial charge on any atom is -0.364 e. The summed E-state index contributed by atoms with van der Waals surface area (Å²) in [6.07, 6.45) is 8.72. The predicted octanol–water partition coefficient (Wildman–Crippen LogP) is 3.38. The van der Waals surface area contributed by atoms with E-state index in [1.54, 1.807) is 6.08 Å². The van der Waals surface area contributed by atoms with Gasteiger partial charge >= 0.3 is 0 Å². The Kier molecular flexibility index (Phi) is 3.30. The lowest BCUT2D eigenvalue weighted by atomic mass is 9.47. The average molecular weight is 417 g/mol. The number of carbonyl (C=O) groups is 2. The fourth-order valence-corrected chi connectivity index (χ4v) is 8.47. The zero-order valence-corrected chi connectivity index (χ0v) is 18.3. The summed E-state index contributed by atoms with van der Waals surface area (Å²) in [6.45, 7) is 8.17. The number of hydrogen-bond acceptors (Lipinski definition) is 5. The molecule has 0 bridgehead atoms. The van der Waals surface area contributed by atoms with E-state index in [2.05, 4.69) is 38.6 Å². The van der Waals surface area contributed by atoms with Crippen LogP contribution in [0.3, 0.4) is 0 Å². The van der Waals surface area contributed by atoms with Crippen LogP contribution >= 0.6 is 12.6 Å². The van der Waals surface area contributed by atoms with Crippen LogP contribution in [0.5, 0.6) is 0 Å². The molecule has 0 amide bonds. The molecule has 29 heavy (non-hydrogen) atoms. The maximum atomic E-state index is 13.0. The van der Waals surface area contributed by atoms with Crippen LogP contribution in [0.4, 0.5) is 0 Å². The highest BCUT2D eigenvalue weighted by Crippen LogP contribution is 2.77. The molecule has 0 aromatic carbocycles. The van der Waals surface area contributed by atoms with Crippen molar-refractivity contribution >= 4 is 23.5 Å². The van der Waals surface area contributed by atoms with E-state index >= 15 is 0 Å². The fourth-order valence-electron chi connectivity index (χ4n) is 8.02. The molecule has 0 aromatic rings. The van der Waals surface area contributed by atoms with Gasteiger partial charge in [-0.15, -0.1) is 12.6 Å². The Bertz CT molecular complexity index is 922. The van der Waals surface area contributed by atoms with Gasteiger partial charge in [0.15, 0.2) is 17.2 Å². The number of hydrogen-bond donors (Lipinski definition) is 1. The van der Waals surface area contributed by atoms with E-state index in [4.69, 9.17) is 14.2 Å². The molecule has 2 heterocycles. The van der Waals surface area contributed by atoms with Gasteiger partial charge in [0.2, 0.25) is 5.12 Å². The number of ketones is 1. The molecule has 2 saturated carbocycles. The third kappa shape index (κ3) is 1.88. The van der Waals surface area contributed by atoms with E-state index in [0.29, 0.717) is 6.42 Å². The lowest BCUT2D eigenvalue weighted by Crippen LogP contribution is -2.62. The summed E-state index contributed by atoms with van der Waals surface area (Å²) in [5, 5.41) is -0.229.